The molecule has 10 heteroatoms. The summed E-state index contributed by atoms with van der Waals surface area (Å²) >= 11 is 12.6. The number of likely N-dealkylation sites (tertiary alicyclic amines) is 1. The topological polar surface area (TPSA) is 96.3 Å². The van der Waals surface area contributed by atoms with E-state index in [-0.39, 0.29) is 18.1 Å². The summed E-state index contributed by atoms with van der Waals surface area (Å²) in [6.45, 7) is 5.85. The van der Waals surface area contributed by atoms with E-state index in [9.17, 15) is 4.79 Å². The summed E-state index contributed by atoms with van der Waals surface area (Å²) in [5.74, 6) is 1.46. The zero-order valence-corrected chi connectivity index (χ0v) is 22.3. The first-order valence-corrected chi connectivity index (χ1v) is 13.0. The molecule has 0 radical (unpaired) electrons. The van der Waals surface area contributed by atoms with Crippen molar-refractivity contribution in [2.45, 2.75) is 58.5 Å². The minimum Gasteiger partial charge on any atom is -0.372 e. The zero-order chi connectivity index (χ0) is 25.9. The number of aryl methyl sites for hydroxylation is 2. The van der Waals surface area contributed by atoms with E-state index in [2.05, 4.69) is 25.3 Å². The molecule has 1 aliphatic heterocycles. The van der Waals surface area contributed by atoms with Crippen LogP contribution < -0.4 is 5.32 Å². The number of hydrogen-bond donors (Lipinski definition) is 2. The summed E-state index contributed by atoms with van der Waals surface area (Å²) in [5, 5.41) is 8.23. The number of carbonyl (C=O) groups excluding carboxylic acids is 1. The third-order valence-electron chi connectivity index (χ3n) is 6.84. The fourth-order valence-electron chi connectivity index (χ4n) is 4.80. The molecule has 0 bridgehead atoms. The van der Waals surface area contributed by atoms with Gasteiger partial charge in [0.1, 0.15) is 11.6 Å². The van der Waals surface area contributed by atoms with E-state index in [0.717, 1.165) is 45.9 Å². The number of benzene rings is 2. The maximum Gasteiger partial charge on any atom is 0.221 e. The molecule has 2 aromatic carbocycles. The number of aromatic amines is 1. The highest BCUT2D eigenvalue weighted by Crippen LogP contribution is 2.29. The van der Waals surface area contributed by atoms with Crippen molar-refractivity contribution in [3.8, 4) is 0 Å². The monoisotopic (exact) mass is 541 g/mol. The van der Waals surface area contributed by atoms with Gasteiger partial charge in [0.25, 0.3) is 0 Å². The number of aromatic nitrogens is 3. The Bertz CT molecular complexity index is 1350. The number of halogens is 2. The first-order valence-electron chi connectivity index (χ1n) is 12.3. The van der Waals surface area contributed by atoms with Gasteiger partial charge < -0.3 is 19.6 Å². The molecule has 2 atom stereocenters. The van der Waals surface area contributed by atoms with Crippen molar-refractivity contribution >= 4 is 40.1 Å². The highest BCUT2D eigenvalue weighted by atomic mass is 35.5. The summed E-state index contributed by atoms with van der Waals surface area (Å²) in [5.41, 5.74) is 4.60. The summed E-state index contributed by atoms with van der Waals surface area (Å²) in [6.07, 6.45) is 1.04. The maximum atomic E-state index is 13.0. The van der Waals surface area contributed by atoms with Crippen LogP contribution in [0.3, 0.4) is 0 Å². The van der Waals surface area contributed by atoms with E-state index in [0.29, 0.717) is 42.7 Å². The lowest BCUT2D eigenvalue weighted by molar-refractivity contribution is -0.122. The largest absolute Gasteiger partial charge is 0.372 e. The summed E-state index contributed by atoms with van der Waals surface area (Å²) in [4.78, 5) is 23.0. The number of nitrogens with zero attached hydrogens (tertiary/aromatic N) is 3. The van der Waals surface area contributed by atoms with Crippen molar-refractivity contribution in [1.29, 1.82) is 0 Å². The van der Waals surface area contributed by atoms with Crippen LogP contribution in [-0.2, 0) is 29.2 Å². The molecular formula is C27H29Cl2N5O3. The highest BCUT2D eigenvalue weighted by molar-refractivity contribution is 6.35. The van der Waals surface area contributed by atoms with Gasteiger partial charge in [-0.05, 0) is 50.1 Å². The fraction of sp³-hybridized carbons (Fsp3) is 0.370. The molecule has 0 saturated carbocycles. The molecule has 1 fully saturated rings. The average Bonchev–Trinajstić information content (AvgIpc) is 3.55. The van der Waals surface area contributed by atoms with Crippen molar-refractivity contribution in [3.05, 3.63) is 80.9 Å². The third kappa shape index (κ3) is 6.15. The van der Waals surface area contributed by atoms with Gasteiger partial charge in [0, 0.05) is 41.2 Å². The SMILES string of the molecule is Cc1noc(C)c1CO[C@@H]1C[C@@H](CC(=O)NCc2nc3ccccc3[nH]2)N(Cc2ccc(Cl)cc2Cl)C1. The molecule has 1 saturated heterocycles. The van der Waals surface area contributed by atoms with Crippen molar-refractivity contribution in [3.63, 3.8) is 0 Å². The Morgan fingerprint density at radius 3 is 2.84 bits per heavy atom. The van der Waals surface area contributed by atoms with E-state index in [1.165, 1.54) is 0 Å². The molecule has 0 unspecified atom stereocenters. The molecule has 2 aromatic heterocycles. The Morgan fingerprint density at radius 1 is 1.24 bits per heavy atom. The average molecular weight is 542 g/mol. The van der Waals surface area contributed by atoms with E-state index in [1.807, 2.05) is 50.2 Å². The van der Waals surface area contributed by atoms with Crippen LogP contribution in [0.4, 0.5) is 0 Å². The lowest BCUT2D eigenvalue weighted by Gasteiger charge is -2.24. The van der Waals surface area contributed by atoms with Crippen LogP contribution in [-0.4, -0.2) is 44.6 Å². The number of fused-ring (bicyclic) bond motifs is 1. The van der Waals surface area contributed by atoms with Crippen LogP contribution >= 0.6 is 23.2 Å². The van der Waals surface area contributed by atoms with Crippen LogP contribution in [0.2, 0.25) is 10.0 Å². The minimum atomic E-state index is -0.0379. The molecule has 8 nitrogen and oxygen atoms in total. The van der Waals surface area contributed by atoms with Crippen LogP contribution in [0, 0.1) is 13.8 Å². The van der Waals surface area contributed by atoms with Crippen molar-refractivity contribution in [1.82, 2.24) is 25.3 Å². The van der Waals surface area contributed by atoms with Gasteiger partial charge in [0.2, 0.25) is 5.91 Å². The van der Waals surface area contributed by atoms with Crippen LogP contribution in [0.25, 0.3) is 11.0 Å². The number of nitrogens with one attached hydrogen (secondary N) is 2. The first-order chi connectivity index (χ1) is 17.9. The molecule has 5 rings (SSSR count). The Hall–Kier alpha value is -2.91. The van der Waals surface area contributed by atoms with Gasteiger partial charge >= 0.3 is 0 Å². The number of hydrogen-bond acceptors (Lipinski definition) is 6. The predicted octanol–water partition coefficient (Wildman–Crippen LogP) is 5.34. The molecule has 37 heavy (non-hydrogen) atoms. The summed E-state index contributed by atoms with van der Waals surface area (Å²) in [7, 11) is 0. The van der Waals surface area contributed by atoms with Gasteiger partial charge in [-0.15, -0.1) is 0 Å². The first kappa shape index (κ1) is 25.7. The molecular weight excluding hydrogens is 513 g/mol. The lowest BCUT2D eigenvalue weighted by Crippen LogP contribution is -2.35. The second kappa shape index (κ2) is 11.2. The standard InChI is InChI=1S/C27H29Cl2N5O3/c1-16-22(17(2)37-33-16)15-36-21-10-20(34(14-21)13-18-7-8-19(28)9-23(18)29)11-27(35)30-12-26-31-24-5-3-4-6-25(24)32-26/h3-9,20-21H,10-15H2,1-2H3,(H,30,35)(H,31,32)/t20-,21+/m0/s1. The zero-order valence-electron chi connectivity index (χ0n) is 20.8. The number of rotatable bonds is 9. The highest BCUT2D eigenvalue weighted by Gasteiger charge is 2.34. The number of ether oxygens (including phenoxy) is 1. The Balaban J connectivity index is 1.24. The normalized spacial score (nSPS) is 18.1. The number of H-pyrrole nitrogens is 1. The van der Waals surface area contributed by atoms with Crippen molar-refractivity contribution < 1.29 is 14.1 Å². The van der Waals surface area contributed by atoms with E-state index >= 15 is 0 Å². The van der Waals surface area contributed by atoms with Gasteiger partial charge in [-0.2, -0.15) is 0 Å². The number of carbonyl (C=O) groups is 1. The van der Waals surface area contributed by atoms with Gasteiger partial charge in [0.05, 0.1) is 36.0 Å². The summed E-state index contributed by atoms with van der Waals surface area (Å²) < 4.78 is 11.5. The molecule has 0 spiro atoms. The van der Waals surface area contributed by atoms with Gasteiger partial charge in [-0.25, -0.2) is 4.98 Å². The van der Waals surface area contributed by atoms with Gasteiger partial charge in [0.15, 0.2) is 0 Å². The number of para-hydroxylation sites is 2. The van der Waals surface area contributed by atoms with Crippen molar-refractivity contribution in [2.24, 2.45) is 0 Å². The van der Waals surface area contributed by atoms with Crippen LogP contribution in [0.1, 0.15) is 41.2 Å². The second-order valence-corrected chi connectivity index (χ2v) is 10.3. The Labute approximate surface area is 225 Å². The Morgan fingerprint density at radius 2 is 2.08 bits per heavy atom. The third-order valence-corrected chi connectivity index (χ3v) is 7.42. The predicted molar refractivity (Wildman–Crippen MR) is 142 cm³/mol. The molecule has 2 N–H and O–H groups in total. The lowest BCUT2D eigenvalue weighted by atomic mass is 10.1. The molecule has 4 aromatic rings. The number of amides is 1. The van der Waals surface area contributed by atoms with Gasteiger partial charge in [-0.1, -0.05) is 46.6 Å². The molecule has 1 aliphatic rings. The van der Waals surface area contributed by atoms with Crippen LogP contribution in [0.15, 0.2) is 47.0 Å². The molecule has 194 valence electrons. The molecule has 1 amide bonds. The maximum absolute atomic E-state index is 13.0. The molecule has 3 heterocycles. The quantitative estimate of drug-likeness (QED) is 0.297. The second-order valence-electron chi connectivity index (χ2n) is 9.47. The van der Waals surface area contributed by atoms with E-state index in [1.54, 1.807) is 6.07 Å². The van der Waals surface area contributed by atoms with E-state index < -0.39 is 0 Å². The summed E-state index contributed by atoms with van der Waals surface area (Å²) in [6, 6.07) is 13.3. The fourth-order valence-corrected chi connectivity index (χ4v) is 5.27. The Kier molecular flexibility index (Phi) is 7.81. The smallest absolute Gasteiger partial charge is 0.221 e. The number of imidazole rings is 1. The minimum absolute atomic E-state index is 0.00270. The molecule has 0 aliphatic carbocycles. The van der Waals surface area contributed by atoms with E-state index in [4.69, 9.17) is 32.5 Å². The van der Waals surface area contributed by atoms with Crippen molar-refractivity contribution in [2.75, 3.05) is 6.54 Å². The van der Waals surface area contributed by atoms with Crippen LogP contribution in [0.5, 0.6) is 0 Å². The van der Waals surface area contributed by atoms with Gasteiger partial charge in [-0.3, -0.25) is 9.69 Å².